The molecule has 0 aliphatic rings. The molecule has 0 aliphatic heterocycles. The van der Waals surface area contributed by atoms with Gasteiger partial charge in [-0.05, 0) is 30.0 Å². The van der Waals surface area contributed by atoms with E-state index >= 15 is 0 Å². The monoisotopic (exact) mass is 292 g/mol. The van der Waals surface area contributed by atoms with Crippen LogP contribution in [0.4, 0.5) is 0 Å². The van der Waals surface area contributed by atoms with Crippen LogP contribution in [-0.2, 0) is 0 Å². The molecule has 2 rings (SSSR count). The zero-order valence-electron chi connectivity index (χ0n) is 10.9. The molecule has 0 unspecified atom stereocenters. The van der Waals surface area contributed by atoms with Gasteiger partial charge in [0.1, 0.15) is 11.3 Å². The Kier molecular flexibility index (Phi) is 4.87. The minimum absolute atomic E-state index is 0.0756. The van der Waals surface area contributed by atoms with E-state index in [0.717, 1.165) is 28.9 Å². The normalized spacial score (nSPS) is 10.8. The van der Waals surface area contributed by atoms with Gasteiger partial charge in [0.15, 0.2) is 0 Å². The Labute approximate surface area is 121 Å². The minimum Gasteiger partial charge on any atom is -0.506 e. The van der Waals surface area contributed by atoms with Crippen LogP contribution in [0, 0.1) is 0 Å². The second kappa shape index (κ2) is 6.63. The molecular formula is C15H16O4S. The van der Waals surface area contributed by atoms with Crippen molar-refractivity contribution < 1.29 is 20.1 Å². The summed E-state index contributed by atoms with van der Waals surface area (Å²) in [6.07, 6.45) is 1.59. The lowest BCUT2D eigenvalue weighted by atomic mass is 10.1. The maximum Gasteiger partial charge on any atom is 0.339 e. The number of aliphatic hydroxyl groups is 1. The maximum absolute atomic E-state index is 11.2. The van der Waals surface area contributed by atoms with Gasteiger partial charge in [-0.15, -0.1) is 11.8 Å². The van der Waals surface area contributed by atoms with Crippen LogP contribution in [0.15, 0.2) is 35.2 Å². The fourth-order valence-electron chi connectivity index (χ4n) is 2.01. The Morgan fingerprint density at radius 2 is 1.85 bits per heavy atom. The highest BCUT2D eigenvalue weighted by atomic mass is 32.2. The number of benzene rings is 2. The van der Waals surface area contributed by atoms with E-state index in [0.29, 0.717) is 5.39 Å². The van der Waals surface area contributed by atoms with Gasteiger partial charge in [0, 0.05) is 16.9 Å². The zero-order chi connectivity index (χ0) is 14.5. The van der Waals surface area contributed by atoms with Crippen molar-refractivity contribution >= 4 is 28.5 Å². The molecule has 2 aromatic carbocycles. The van der Waals surface area contributed by atoms with Crippen molar-refractivity contribution in [3.8, 4) is 5.75 Å². The Bertz CT molecular complexity index is 625. The number of aromatic carboxylic acids is 1. The SMILES string of the molecule is O=C(O)c1cc(SCCCCO)c2ccccc2c1O. The van der Waals surface area contributed by atoms with Crippen molar-refractivity contribution in [2.45, 2.75) is 17.7 Å². The van der Waals surface area contributed by atoms with Gasteiger partial charge in [0.05, 0.1) is 0 Å². The lowest BCUT2D eigenvalue weighted by Gasteiger charge is -2.10. The summed E-state index contributed by atoms with van der Waals surface area (Å²) in [4.78, 5) is 12.0. The maximum atomic E-state index is 11.2. The summed E-state index contributed by atoms with van der Waals surface area (Å²) in [5.74, 6) is -0.521. The molecule has 2 aromatic rings. The van der Waals surface area contributed by atoms with Gasteiger partial charge in [0.25, 0.3) is 0 Å². The molecule has 0 aliphatic carbocycles. The van der Waals surface area contributed by atoms with Gasteiger partial charge < -0.3 is 15.3 Å². The molecule has 106 valence electrons. The molecule has 4 nitrogen and oxygen atoms in total. The van der Waals surface area contributed by atoms with Crippen molar-refractivity contribution in [2.75, 3.05) is 12.4 Å². The summed E-state index contributed by atoms with van der Waals surface area (Å²) in [5, 5.41) is 29.4. The Hall–Kier alpha value is -1.72. The molecule has 20 heavy (non-hydrogen) atoms. The summed E-state index contributed by atoms with van der Waals surface area (Å²) in [6, 6.07) is 8.74. The van der Waals surface area contributed by atoms with E-state index in [9.17, 15) is 9.90 Å². The van der Waals surface area contributed by atoms with E-state index in [2.05, 4.69) is 0 Å². The molecule has 0 spiro atoms. The summed E-state index contributed by atoms with van der Waals surface area (Å²) in [7, 11) is 0. The first-order valence-electron chi connectivity index (χ1n) is 6.37. The van der Waals surface area contributed by atoms with Crippen LogP contribution in [-0.4, -0.2) is 33.6 Å². The number of carbonyl (C=O) groups is 1. The van der Waals surface area contributed by atoms with E-state index in [1.54, 1.807) is 23.9 Å². The van der Waals surface area contributed by atoms with Gasteiger partial charge in [-0.1, -0.05) is 24.3 Å². The predicted octanol–water partition coefficient (Wildman–Crippen LogP) is 3.11. The van der Waals surface area contributed by atoms with Gasteiger partial charge in [-0.25, -0.2) is 4.79 Å². The number of hydrogen-bond acceptors (Lipinski definition) is 4. The summed E-state index contributed by atoms with van der Waals surface area (Å²) >= 11 is 1.54. The standard InChI is InChI=1S/C15H16O4S/c16-7-3-4-8-20-13-9-12(15(18)19)14(17)11-6-2-1-5-10(11)13/h1-2,5-6,9,16-17H,3-4,7-8H2,(H,18,19). The number of hydrogen-bond donors (Lipinski definition) is 3. The first-order chi connectivity index (χ1) is 9.65. The van der Waals surface area contributed by atoms with Crippen LogP contribution in [0.3, 0.4) is 0 Å². The highest BCUT2D eigenvalue weighted by Gasteiger charge is 2.16. The van der Waals surface area contributed by atoms with E-state index in [1.807, 2.05) is 12.1 Å². The van der Waals surface area contributed by atoms with Crippen LogP contribution in [0.2, 0.25) is 0 Å². The smallest absolute Gasteiger partial charge is 0.339 e. The van der Waals surface area contributed by atoms with Crippen molar-refractivity contribution in [1.29, 1.82) is 0 Å². The third-order valence-corrected chi connectivity index (χ3v) is 4.16. The van der Waals surface area contributed by atoms with E-state index in [4.69, 9.17) is 10.2 Å². The van der Waals surface area contributed by atoms with Gasteiger partial charge >= 0.3 is 5.97 Å². The number of aromatic hydroxyl groups is 1. The molecule has 0 aromatic heterocycles. The second-order valence-corrected chi connectivity index (χ2v) is 5.54. The molecule has 0 radical (unpaired) electrons. The molecule has 3 N–H and O–H groups in total. The van der Waals surface area contributed by atoms with Crippen molar-refractivity contribution in [2.24, 2.45) is 0 Å². The number of phenols is 1. The third kappa shape index (κ3) is 3.05. The number of unbranched alkanes of at least 4 members (excludes halogenated alkanes) is 1. The molecular weight excluding hydrogens is 276 g/mol. The van der Waals surface area contributed by atoms with Crippen LogP contribution < -0.4 is 0 Å². The summed E-state index contributed by atoms with van der Waals surface area (Å²) in [5.41, 5.74) is -0.0756. The summed E-state index contributed by atoms with van der Waals surface area (Å²) in [6.45, 7) is 0.164. The largest absolute Gasteiger partial charge is 0.506 e. The summed E-state index contributed by atoms with van der Waals surface area (Å²) < 4.78 is 0. The number of fused-ring (bicyclic) bond motifs is 1. The lowest BCUT2D eigenvalue weighted by Crippen LogP contribution is -1.98. The highest BCUT2D eigenvalue weighted by molar-refractivity contribution is 7.99. The first-order valence-corrected chi connectivity index (χ1v) is 7.35. The van der Waals surface area contributed by atoms with Gasteiger partial charge in [0.2, 0.25) is 0 Å². The lowest BCUT2D eigenvalue weighted by molar-refractivity contribution is 0.0694. The van der Waals surface area contributed by atoms with Gasteiger partial charge in [-0.2, -0.15) is 0 Å². The van der Waals surface area contributed by atoms with Crippen molar-refractivity contribution in [3.05, 3.63) is 35.9 Å². The van der Waals surface area contributed by atoms with Crippen molar-refractivity contribution in [3.63, 3.8) is 0 Å². The molecule has 0 heterocycles. The van der Waals surface area contributed by atoms with Gasteiger partial charge in [-0.3, -0.25) is 0 Å². The average Bonchev–Trinajstić information content (AvgIpc) is 2.45. The molecule has 0 atom stereocenters. The van der Waals surface area contributed by atoms with Crippen LogP contribution >= 0.6 is 11.8 Å². The highest BCUT2D eigenvalue weighted by Crippen LogP contribution is 2.36. The predicted molar refractivity (Wildman–Crippen MR) is 79.6 cm³/mol. The number of rotatable bonds is 6. The zero-order valence-corrected chi connectivity index (χ0v) is 11.7. The number of thioether (sulfide) groups is 1. The Morgan fingerprint density at radius 1 is 1.15 bits per heavy atom. The van der Waals surface area contributed by atoms with Crippen LogP contribution in [0.25, 0.3) is 10.8 Å². The second-order valence-electron chi connectivity index (χ2n) is 4.40. The quantitative estimate of drug-likeness (QED) is 0.563. The Morgan fingerprint density at radius 3 is 2.50 bits per heavy atom. The van der Waals surface area contributed by atoms with E-state index < -0.39 is 5.97 Å². The molecule has 0 saturated heterocycles. The number of carboxylic acid groups (broad SMARTS) is 1. The number of aliphatic hydroxyl groups excluding tert-OH is 1. The molecule has 0 bridgehead atoms. The topological polar surface area (TPSA) is 77.8 Å². The van der Waals surface area contributed by atoms with Crippen molar-refractivity contribution in [1.82, 2.24) is 0 Å². The first kappa shape index (κ1) is 14.7. The Balaban J connectivity index is 2.41. The molecule has 0 saturated carbocycles. The molecule has 5 heteroatoms. The van der Waals surface area contributed by atoms with Crippen LogP contribution in [0.5, 0.6) is 5.75 Å². The molecule has 0 amide bonds. The van der Waals surface area contributed by atoms with E-state index in [-0.39, 0.29) is 17.9 Å². The fraction of sp³-hybridized carbons (Fsp3) is 0.267. The van der Waals surface area contributed by atoms with E-state index in [1.165, 1.54) is 6.07 Å². The third-order valence-electron chi connectivity index (χ3n) is 3.02. The number of carboxylic acids is 1. The molecule has 0 fully saturated rings. The van der Waals surface area contributed by atoms with Crippen LogP contribution in [0.1, 0.15) is 23.2 Å². The average molecular weight is 292 g/mol. The fourth-order valence-corrected chi connectivity index (χ4v) is 3.11. The minimum atomic E-state index is -1.13.